The molecule has 0 aliphatic heterocycles. The van der Waals surface area contributed by atoms with Crippen LogP contribution in [0.1, 0.15) is 20.9 Å². The summed E-state index contributed by atoms with van der Waals surface area (Å²) in [5, 5.41) is 21.4. The molecule has 4 N–H and O–H groups in total. The Bertz CT molecular complexity index is 933. The zero-order valence-corrected chi connectivity index (χ0v) is 13.6. The average molecular weight is 356 g/mol. The third kappa shape index (κ3) is 3.76. The number of hydrogen-bond donors (Lipinski definition) is 4. The van der Waals surface area contributed by atoms with Crippen LogP contribution in [0.15, 0.2) is 52.9 Å². The van der Waals surface area contributed by atoms with Crippen LogP contribution in [0, 0.1) is 0 Å². The summed E-state index contributed by atoms with van der Waals surface area (Å²) in [7, 11) is 0. The van der Waals surface area contributed by atoms with Gasteiger partial charge in [-0.25, -0.2) is 5.48 Å². The molecule has 3 aromatic rings. The summed E-state index contributed by atoms with van der Waals surface area (Å²) in [6, 6.07) is 12.4. The van der Waals surface area contributed by atoms with E-state index in [1.54, 1.807) is 29.7 Å². The number of carbonyl (C=O) groups excluding carboxylic acids is 2. The zero-order valence-electron chi connectivity index (χ0n) is 13.6. The van der Waals surface area contributed by atoms with Gasteiger partial charge in [0.2, 0.25) is 0 Å². The highest BCUT2D eigenvalue weighted by Crippen LogP contribution is 2.27. The molecule has 1 aromatic heterocycles. The van der Waals surface area contributed by atoms with E-state index in [4.69, 9.17) is 14.4 Å². The third-order valence-corrected chi connectivity index (χ3v) is 3.64. The Kier molecular flexibility index (Phi) is 5.04. The van der Waals surface area contributed by atoms with Crippen molar-refractivity contribution >= 4 is 22.8 Å². The lowest BCUT2D eigenvalue weighted by molar-refractivity contribution is 0.0706. The summed E-state index contributed by atoms with van der Waals surface area (Å²) < 4.78 is 10.9. The Labute approximate surface area is 148 Å². The number of furan rings is 1. The van der Waals surface area contributed by atoms with Crippen LogP contribution in [0.5, 0.6) is 11.5 Å². The number of nitrogens with one attached hydrogen (secondary N) is 2. The molecule has 8 heteroatoms. The molecule has 0 unspecified atom stereocenters. The summed E-state index contributed by atoms with van der Waals surface area (Å²) in [6.07, 6.45) is 0. The number of benzene rings is 2. The second-order valence-corrected chi connectivity index (χ2v) is 5.37. The molecule has 1 heterocycles. The van der Waals surface area contributed by atoms with Crippen LogP contribution in [0.4, 0.5) is 0 Å². The van der Waals surface area contributed by atoms with Gasteiger partial charge in [-0.05, 0) is 36.4 Å². The summed E-state index contributed by atoms with van der Waals surface area (Å²) in [6.45, 7) is 0.448. The van der Waals surface area contributed by atoms with Crippen LogP contribution in [-0.2, 0) is 0 Å². The number of amides is 2. The highest BCUT2D eigenvalue weighted by molar-refractivity contribution is 5.97. The predicted molar refractivity (Wildman–Crippen MR) is 91.4 cm³/mol. The maximum atomic E-state index is 12.1. The van der Waals surface area contributed by atoms with Crippen molar-refractivity contribution in [2.75, 3.05) is 13.2 Å². The molecule has 0 radical (unpaired) electrons. The largest absolute Gasteiger partial charge is 0.507 e. The standard InChI is InChI=1S/C18H16N2O6/c21-14-2-1-3-15-13(14)10-16(26-15)18(23)19-8-9-25-12-6-4-11(5-7-12)17(22)20-24/h1-7,10,21,24H,8-9H2,(H,19,23)(H,20,22). The molecule has 3 rings (SSSR count). The maximum absolute atomic E-state index is 12.1. The van der Waals surface area contributed by atoms with Crippen molar-refractivity contribution in [2.45, 2.75) is 0 Å². The highest BCUT2D eigenvalue weighted by Gasteiger charge is 2.13. The van der Waals surface area contributed by atoms with Gasteiger partial charge in [-0.3, -0.25) is 14.8 Å². The molecule has 0 saturated carbocycles. The molecule has 0 aliphatic rings. The fourth-order valence-electron chi connectivity index (χ4n) is 2.35. The molecular weight excluding hydrogens is 340 g/mol. The third-order valence-electron chi connectivity index (χ3n) is 3.64. The lowest BCUT2D eigenvalue weighted by Gasteiger charge is -2.07. The Hall–Kier alpha value is -3.52. The minimum absolute atomic E-state index is 0.0481. The number of rotatable bonds is 6. The quantitative estimate of drug-likeness (QED) is 0.305. The Morgan fingerprint density at radius 2 is 1.85 bits per heavy atom. The molecule has 134 valence electrons. The van der Waals surface area contributed by atoms with Crippen molar-refractivity contribution in [3.63, 3.8) is 0 Å². The second-order valence-electron chi connectivity index (χ2n) is 5.37. The van der Waals surface area contributed by atoms with Gasteiger partial charge in [-0.1, -0.05) is 6.07 Å². The van der Waals surface area contributed by atoms with Gasteiger partial charge in [0.1, 0.15) is 23.7 Å². The monoisotopic (exact) mass is 356 g/mol. The number of hydrogen-bond acceptors (Lipinski definition) is 6. The number of hydroxylamine groups is 1. The van der Waals surface area contributed by atoms with Crippen molar-refractivity contribution in [3.05, 3.63) is 59.9 Å². The van der Waals surface area contributed by atoms with Crippen LogP contribution in [0.3, 0.4) is 0 Å². The SMILES string of the molecule is O=C(NO)c1ccc(OCCNC(=O)c2cc3c(O)cccc3o2)cc1. The normalized spacial score (nSPS) is 10.5. The van der Waals surface area contributed by atoms with Gasteiger partial charge in [-0.2, -0.15) is 0 Å². The van der Waals surface area contributed by atoms with Gasteiger partial charge in [0.05, 0.1) is 11.9 Å². The van der Waals surface area contributed by atoms with Crippen LogP contribution in [-0.4, -0.2) is 35.3 Å². The van der Waals surface area contributed by atoms with Crippen LogP contribution >= 0.6 is 0 Å². The van der Waals surface area contributed by atoms with Gasteiger partial charge in [0.25, 0.3) is 11.8 Å². The van der Waals surface area contributed by atoms with E-state index in [2.05, 4.69) is 5.32 Å². The molecular formula is C18H16N2O6. The fourth-order valence-corrected chi connectivity index (χ4v) is 2.35. The van der Waals surface area contributed by atoms with Crippen LogP contribution < -0.4 is 15.5 Å². The van der Waals surface area contributed by atoms with Gasteiger partial charge >= 0.3 is 0 Å². The topological polar surface area (TPSA) is 121 Å². The van der Waals surface area contributed by atoms with E-state index < -0.39 is 11.8 Å². The number of phenolic OH excluding ortho intramolecular Hbond substituents is 1. The van der Waals surface area contributed by atoms with Crippen molar-refractivity contribution in [3.8, 4) is 11.5 Å². The number of aromatic hydroxyl groups is 1. The van der Waals surface area contributed by atoms with Gasteiger partial charge in [0, 0.05) is 11.6 Å². The minimum Gasteiger partial charge on any atom is -0.507 e. The molecule has 0 saturated heterocycles. The molecule has 26 heavy (non-hydrogen) atoms. The van der Waals surface area contributed by atoms with E-state index in [-0.39, 0.29) is 24.7 Å². The van der Waals surface area contributed by atoms with E-state index in [1.165, 1.54) is 24.3 Å². The molecule has 0 bridgehead atoms. The smallest absolute Gasteiger partial charge is 0.287 e. The number of phenols is 1. The number of carbonyl (C=O) groups is 2. The molecule has 0 spiro atoms. The second kappa shape index (κ2) is 7.58. The van der Waals surface area contributed by atoms with Crippen molar-refractivity contribution in [1.82, 2.24) is 10.8 Å². The van der Waals surface area contributed by atoms with Gasteiger partial charge in [0.15, 0.2) is 5.76 Å². The first kappa shape index (κ1) is 17.3. The highest BCUT2D eigenvalue weighted by atomic mass is 16.5. The Balaban J connectivity index is 1.50. The molecule has 2 aromatic carbocycles. The molecule has 0 fully saturated rings. The fraction of sp³-hybridized carbons (Fsp3) is 0.111. The van der Waals surface area contributed by atoms with E-state index in [0.29, 0.717) is 22.3 Å². The molecule has 8 nitrogen and oxygen atoms in total. The number of fused-ring (bicyclic) bond motifs is 1. The van der Waals surface area contributed by atoms with E-state index >= 15 is 0 Å². The maximum Gasteiger partial charge on any atom is 0.287 e. The molecule has 0 aliphatic carbocycles. The summed E-state index contributed by atoms with van der Waals surface area (Å²) in [5.41, 5.74) is 2.26. The Morgan fingerprint density at radius 1 is 1.08 bits per heavy atom. The lowest BCUT2D eigenvalue weighted by atomic mass is 10.2. The van der Waals surface area contributed by atoms with Crippen LogP contribution in [0.25, 0.3) is 11.0 Å². The zero-order chi connectivity index (χ0) is 18.5. The van der Waals surface area contributed by atoms with E-state index in [9.17, 15) is 14.7 Å². The van der Waals surface area contributed by atoms with Crippen molar-refractivity contribution < 1.29 is 29.1 Å². The van der Waals surface area contributed by atoms with Crippen molar-refractivity contribution in [1.29, 1.82) is 0 Å². The summed E-state index contributed by atoms with van der Waals surface area (Å²) in [4.78, 5) is 23.3. The van der Waals surface area contributed by atoms with Gasteiger partial charge in [-0.15, -0.1) is 0 Å². The van der Waals surface area contributed by atoms with E-state index in [1.807, 2.05) is 0 Å². The first-order valence-corrected chi connectivity index (χ1v) is 7.75. The van der Waals surface area contributed by atoms with E-state index in [0.717, 1.165) is 0 Å². The summed E-state index contributed by atoms with van der Waals surface area (Å²) in [5.74, 6) is -0.366. The van der Waals surface area contributed by atoms with Crippen LogP contribution in [0.2, 0.25) is 0 Å². The molecule has 0 atom stereocenters. The summed E-state index contributed by atoms with van der Waals surface area (Å²) >= 11 is 0. The minimum atomic E-state index is -0.610. The molecule has 2 amide bonds. The lowest BCUT2D eigenvalue weighted by Crippen LogP contribution is -2.27. The van der Waals surface area contributed by atoms with Crippen molar-refractivity contribution in [2.24, 2.45) is 0 Å². The Morgan fingerprint density at radius 3 is 2.54 bits per heavy atom. The predicted octanol–water partition coefficient (Wildman–Crippen LogP) is 2.07. The number of ether oxygens (including phenoxy) is 1. The average Bonchev–Trinajstić information content (AvgIpc) is 3.11. The first-order chi connectivity index (χ1) is 12.6. The first-order valence-electron chi connectivity index (χ1n) is 7.75. The van der Waals surface area contributed by atoms with Gasteiger partial charge < -0.3 is 19.6 Å².